The van der Waals surface area contributed by atoms with Crippen molar-refractivity contribution in [3.8, 4) is 11.1 Å². The van der Waals surface area contributed by atoms with Crippen molar-refractivity contribution in [1.29, 1.82) is 0 Å². The largest absolute Gasteiger partial charge is 0.341 e. The second-order valence-electron chi connectivity index (χ2n) is 8.52. The quantitative estimate of drug-likeness (QED) is 0.274. The number of fused-ring (bicyclic) bond motifs is 8. The normalized spacial score (nSPS) is 12.8. The van der Waals surface area contributed by atoms with Crippen LogP contribution in [0.2, 0.25) is 0 Å². The fourth-order valence-electron chi connectivity index (χ4n) is 5.50. The predicted molar refractivity (Wildman–Crippen MR) is 128 cm³/mol. The first-order valence-electron chi connectivity index (χ1n) is 10.8. The lowest BCUT2D eigenvalue weighted by Gasteiger charge is -2.07. The summed E-state index contributed by atoms with van der Waals surface area (Å²) in [5.41, 5.74) is 8.41. The van der Waals surface area contributed by atoms with Gasteiger partial charge in [-0.25, -0.2) is 0 Å². The molecule has 0 fully saturated rings. The predicted octanol–water partition coefficient (Wildman–Crippen LogP) is 7.69. The topological polar surface area (TPSA) is 4.93 Å². The van der Waals surface area contributed by atoms with Gasteiger partial charge in [0.15, 0.2) is 0 Å². The van der Waals surface area contributed by atoms with E-state index in [-0.39, 0.29) is 0 Å². The first kappa shape index (κ1) is 16.2. The zero-order valence-electron chi connectivity index (χ0n) is 16.9. The maximum absolute atomic E-state index is 2.48. The van der Waals surface area contributed by atoms with Crippen molar-refractivity contribution < 1.29 is 0 Å². The molecule has 0 N–H and O–H groups in total. The van der Waals surface area contributed by atoms with Crippen LogP contribution in [0.5, 0.6) is 0 Å². The van der Waals surface area contributed by atoms with Crippen molar-refractivity contribution in [3.05, 3.63) is 96.1 Å². The molecule has 1 heteroatoms. The van der Waals surface area contributed by atoms with E-state index < -0.39 is 0 Å². The SMILES string of the molecule is CCn1c2cc3c(cc2c2cc4ccccc4cc21)Cc1cc2ccccc2cc1-3. The van der Waals surface area contributed by atoms with E-state index in [4.69, 9.17) is 0 Å². The van der Waals surface area contributed by atoms with Crippen molar-refractivity contribution in [3.63, 3.8) is 0 Å². The maximum atomic E-state index is 2.48. The molecule has 1 aliphatic carbocycles. The Balaban J connectivity index is 1.57. The van der Waals surface area contributed by atoms with Gasteiger partial charge in [-0.2, -0.15) is 0 Å². The van der Waals surface area contributed by atoms with Crippen molar-refractivity contribution in [2.45, 2.75) is 19.9 Å². The lowest BCUT2D eigenvalue weighted by Crippen LogP contribution is -1.93. The van der Waals surface area contributed by atoms with E-state index in [1.807, 2.05) is 0 Å². The minimum Gasteiger partial charge on any atom is -0.341 e. The van der Waals surface area contributed by atoms with Gasteiger partial charge in [0.2, 0.25) is 0 Å². The van der Waals surface area contributed by atoms with Gasteiger partial charge in [0.05, 0.1) is 0 Å². The molecular weight excluding hydrogens is 362 g/mol. The third-order valence-corrected chi connectivity index (χ3v) is 6.92. The monoisotopic (exact) mass is 383 g/mol. The number of hydrogen-bond acceptors (Lipinski definition) is 0. The molecule has 30 heavy (non-hydrogen) atoms. The Labute approximate surface area is 175 Å². The first-order valence-corrected chi connectivity index (χ1v) is 10.8. The second kappa shape index (κ2) is 5.73. The van der Waals surface area contributed by atoms with E-state index in [2.05, 4.69) is 96.4 Å². The van der Waals surface area contributed by atoms with Gasteiger partial charge in [-0.3, -0.25) is 0 Å². The molecular formula is C29H21N. The van der Waals surface area contributed by atoms with Gasteiger partial charge < -0.3 is 4.57 Å². The summed E-state index contributed by atoms with van der Waals surface area (Å²) < 4.78 is 2.48. The Morgan fingerprint density at radius 3 is 1.87 bits per heavy atom. The van der Waals surface area contributed by atoms with Crippen LogP contribution < -0.4 is 0 Å². The molecule has 1 nitrogen and oxygen atoms in total. The summed E-state index contributed by atoms with van der Waals surface area (Å²) in [5, 5.41) is 8.04. The number of rotatable bonds is 1. The second-order valence-corrected chi connectivity index (χ2v) is 8.52. The van der Waals surface area contributed by atoms with Gasteiger partial charge in [-0.05, 0) is 87.5 Å². The summed E-state index contributed by atoms with van der Waals surface area (Å²) in [7, 11) is 0. The minimum absolute atomic E-state index is 0.974. The molecule has 0 amide bonds. The number of aryl methyl sites for hydroxylation is 1. The van der Waals surface area contributed by atoms with Crippen molar-refractivity contribution in [2.24, 2.45) is 0 Å². The van der Waals surface area contributed by atoms with Crippen LogP contribution in [0.1, 0.15) is 18.1 Å². The molecule has 1 aliphatic rings. The Kier molecular flexibility index (Phi) is 3.10. The van der Waals surface area contributed by atoms with Gasteiger partial charge in [0.25, 0.3) is 0 Å². The maximum Gasteiger partial charge on any atom is 0.0497 e. The zero-order valence-corrected chi connectivity index (χ0v) is 16.9. The third kappa shape index (κ3) is 2.07. The summed E-state index contributed by atoms with van der Waals surface area (Å²) in [4.78, 5) is 0. The molecule has 5 aromatic carbocycles. The van der Waals surface area contributed by atoms with Crippen LogP contribution in [0.3, 0.4) is 0 Å². The highest BCUT2D eigenvalue weighted by Crippen LogP contribution is 2.43. The number of aromatic nitrogens is 1. The van der Waals surface area contributed by atoms with Gasteiger partial charge in [0, 0.05) is 28.4 Å². The van der Waals surface area contributed by atoms with Crippen LogP contribution in [0.25, 0.3) is 54.5 Å². The molecule has 6 aromatic rings. The molecule has 0 radical (unpaired) electrons. The van der Waals surface area contributed by atoms with Gasteiger partial charge in [-0.15, -0.1) is 0 Å². The summed E-state index contributed by atoms with van der Waals surface area (Å²) in [6.07, 6.45) is 1.03. The fourth-order valence-corrected chi connectivity index (χ4v) is 5.50. The molecule has 1 aromatic heterocycles. The van der Waals surface area contributed by atoms with Crippen molar-refractivity contribution in [2.75, 3.05) is 0 Å². The first-order chi connectivity index (χ1) is 14.8. The molecule has 142 valence electrons. The highest BCUT2D eigenvalue weighted by Gasteiger charge is 2.22. The zero-order chi connectivity index (χ0) is 19.8. The Morgan fingerprint density at radius 1 is 0.600 bits per heavy atom. The average molecular weight is 383 g/mol. The van der Waals surface area contributed by atoms with Crippen LogP contribution in [0.15, 0.2) is 84.9 Å². The lowest BCUT2D eigenvalue weighted by molar-refractivity contribution is 0.827. The van der Waals surface area contributed by atoms with E-state index in [9.17, 15) is 0 Å². The number of benzene rings is 5. The van der Waals surface area contributed by atoms with Crippen LogP contribution >= 0.6 is 0 Å². The number of hydrogen-bond donors (Lipinski definition) is 0. The number of nitrogens with zero attached hydrogens (tertiary/aromatic N) is 1. The molecule has 0 atom stereocenters. The molecule has 0 saturated carbocycles. The van der Waals surface area contributed by atoms with Gasteiger partial charge in [-0.1, -0.05) is 54.6 Å². The lowest BCUT2D eigenvalue weighted by atomic mass is 9.99. The summed E-state index contributed by atoms with van der Waals surface area (Å²) in [5.74, 6) is 0. The average Bonchev–Trinajstić information content (AvgIpc) is 3.28. The fraction of sp³-hybridized carbons (Fsp3) is 0.103. The van der Waals surface area contributed by atoms with Crippen LogP contribution in [-0.2, 0) is 13.0 Å². The third-order valence-electron chi connectivity index (χ3n) is 6.92. The molecule has 0 bridgehead atoms. The molecule has 7 rings (SSSR count). The molecule has 0 unspecified atom stereocenters. The summed E-state index contributed by atoms with van der Waals surface area (Å²) in [6.45, 7) is 3.23. The van der Waals surface area contributed by atoms with Crippen molar-refractivity contribution >= 4 is 43.4 Å². The van der Waals surface area contributed by atoms with Gasteiger partial charge in [0.1, 0.15) is 0 Å². The van der Waals surface area contributed by atoms with Crippen LogP contribution in [-0.4, -0.2) is 4.57 Å². The van der Waals surface area contributed by atoms with E-state index in [0.29, 0.717) is 0 Å². The highest BCUT2D eigenvalue weighted by molar-refractivity contribution is 6.14. The molecule has 0 aliphatic heterocycles. The Bertz CT molecular complexity index is 1650. The van der Waals surface area contributed by atoms with Crippen LogP contribution in [0.4, 0.5) is 0 Å². The highest BCUT2D eigenvalue weighted by atomic mass is 15.0. The van der Waals surface area contributed by atoms with E-state index in [1.54, 1.807) is 0 Å². The Morgan fingerprint density at radius 2 is 1.13 bits per heavy atom. The summed E-state index contributed by atoms with van der Waals surface area (Å²) in [6, 6.07) is 31.8. The summed E-state index contributed by atoms with van der Waals surface area (Å²) >= 11 is 0. The van der Waals surface area contributed by atoms with Gasteiger partial charge >= 0.3 is 0 Å². The Hall–Kier alpha value is -3.58. The van der Waals surface area contributed by atoms with Crippen molar-refractivity contribution in [1.82, 2.24) is 4.57 Å². The van der Waals surface area contributed by atoms with Crippen LogP contribution in [0, 0.1) is 0 Å². The van der Waals surface area contributed by atoms with E-state index >= 15 is 0 Å². The standard InChI is InChI=1S/C29H21N/c1-2-30-28-16-21-10-6-5-9-20(21)14-26(28)27-15-23-12-22-11-18-7-3-4-8-19(18)13-24(22)25(23)17-29(27)30/h3-11,13-17H,2,12H2,1H3. The molecule has 0 saturated heterocycles. The smallest absolute Gasteiger partial charge is 0.0497 e. The van der Waals surface area contributed by atoms with E-state index in [1.165, 1.54) is 65.6 Å². The molecule has 0 spiro atoms. The minimum atomic E-state index is 0.974. The molecule has 1 heterocycles. The van der Waals surface area contributed by atoms with E-state index in [0.717, 1.165) is 13.0 Å².